The second-order valence-electron chi connectivity index (χ2n) is 10.4. The summed E-state index contributed by atoms with van der Waals surface area (Å²) in [5, 5.41) is 0.148. The van der Waals surface area contributed by atoms with Crippen molar-refractivity contribution in [1.82, 2.24) is 4.72 Å². The number of nitrogens with one attached hydrogen (secondary N) is 1. The fourth-order valence-corrected chi connectivity index (χ4v) is 5.03. The smallest absolute Gasteiger partial charge is 0.300 e. The number of carbonyl (C=O) groups is 1. The summed E-state index contributed by atoms with van der Waals surface area (Å²) in [7, 11) is -4.29. The maximum Gasteiger partial charge on any atom is 0.300 e. The molecule has 0 saturated heterocycles. The van der Waals surface area contributed by atoms with Crippen molar-refractivity contribution in [2.45, 2.75) is 62.7 Å². The maximum absolute atomic E-state index is 14.6. The van der Waals surface area contributed by atoms with Crippen molar-refractivity contribution in [1.29, 1.82) is 0 Å². The summed E-state index contributed by atoms with van der Waals surface area (Å²) in [5.41, 5.74) is 1.54. The molecule has 3 aromatic rings. The summed E-state index contributed by atoms with van der Waals surface area (Å²) in [4.78, 5) is 12.8. The number of sulfonamides is 1. The van der Waals surface area contributed by atoms with E-state index in [1.165, 1.54) is 18.2 Å². The molecule has 2 fully saturated rings. The van der Waals surface area contributed by atoms with Crippen molar-refractivity contribution < 1.29 is 26.8 Å². The Morgan fingerprint density at radius 2 is 1.85 bits per heavy atom. The van der Waals surface area contributed by atoms with Crippen molar-refractivity contribution in [3.63, 3.8) is 0 Å². The Kier molecular flexibility index (Phi) is 5.47. The molecular formula is C26H28FNO5S. The first-order chi connectivity index (χ1) is 16.0. The molecule has 0 unspecified atom stereocenters. The number of rotatable bonds is 7. The molecule has 2 saturated carbocycles. The minimum absolute atomic E-state index is 0.104. The van der Waals surface area contributed by atoms with E-state index in [2.05, 4.69) is 4.72 Å². The van der Waals surface area contributed by atoms with E-state index in [1.807, 2.05) is 26.8 Å². The zero-order chi connectivity index (χ0) is 24.3. The molecule has 0 bridgehead atoms. The third kappa shape index (κ3) is 4.69. The average molecular weight is 486 g/mol. The Labute approximate surface area is 198 Å². The molecule has 0 radical (unpaired) electrons. The van der Waals surface area contributed by atoms with E-state index in [4.69, 9.17) is 9.15 Å². The number of furan rings is 1. The molecule has 34 heavy (non-hydrogen) atoms. The first kappa shape index (κ1) is 22.9. The molecule has 6 nitrogen and oxygen atoms in total. The number of hydrogen-bond donors (Lipinski definition) is 1. The molecule has 180 valence electrons. The zero-order valence-corrected chi connectivity index (χ0v) is 20.3. The number of benzene rings is 2. The third-order valence-corrected chi connectivity index (χ3v) is 7.73. The predicted molar refractivity (Wildman–Crippen MR) is 126 cm³/mol. The molecule has 1 amide bonds. The Morgan fingerprint density at radius 1 is 1.12 bits per heavy atom. The van der Waals surface area contributed by atoms with Crippen molar-refractivity contribution in [3.8, 4) is 5.75 Å². The first-order valence-corrected chi connectivity index (χ1v) is 13.1. The summed E-state index contributed by atoms with van der Waals surface area (Å²) in [6.07, 6.45) is 4.11. The Morgan fingerprint density at radius 3 is 2.50 bits per heavy atom. The third-order valence-electron chi connectivity index (χ3n) is 6.38. The highest BCUT2D eigenvalue weighted by molar-refractivity contribution is 7.90. The van der Waals surface area contributed by atoms with E-state index in [1.54, 1.807) is 12.1 Å². The summed E-state index contributed by atoms with van der Waals surface area (Å²) < 4.78 is 54.6. The lowest BCUT2D eigenvalue weighted by molar-refractivity contribution is 0.0956. The summed E-state index contributed by atoms with van der Waals surface area (Å²) in [6.45, 7) is 6.35. The highest BCUT2D eigenvalue weighted by Gasteiger charge is 2.30. The largest absolute Gasteiger partial charge is 0.492 e. The molecule has 0 atom stereocenters. The second-order valence-corrected chi connectivity index (χ2v) is 12.1. The molecule has 5 rings (SSSR count). The van der Waals surface area contributed by atoms with Gasteiger partial charge in [-0.1, -0.05) is 26.8 Å². The van der Waals surface area contributed by atoms with Gasteiger partial charge in [0.25, 0.3) is 10.0 Å². The van der Waals surface area contributed by atoms with Crippen molar-refractivity contribution in [2.75, 3.05) is 6.61 Å². The van der Waals surface area contributed by atoms with Gasteiger partial charge in [-0.15, -0.1) is 0 Å². The van der Waals surface area contributed by atoms with Gasteiger partial charge in [0, 0.05) is 6.07 Å². The minimum Gasteiger partial charge on any atom is -0.492 e. The van der Waals surface area contributed by atoms with E-state index in [-0.39, 0.29) is 32.8 Å². The van der Waals surface area contributed by atoms with Crippen molar-refractivity contribution >= 4 is 26.9 Å². The topological polar surface area (TPSA) is 85.6 Å². The normalized spacial score (nSPS) is 16.6. The quantitative estimate of drug-likeness (QED) is 0.467. The van der Waals surface area contributed by atoms with Crippen LogP contribution in [0, 0.1) is 11.7 Å². The van der Waals surface area contributed by atoms with Crippen LogP contribution in [-0.4, -0.2) is 20.9 Å². The predicted octanol–water partition coefficient (Wildman–Crippen LogP) is 5.65. The summed E-state index contributed by atoms with van der Waals surface area (Å²) >= 11 is 0. The summed E-state index contributed by atoms with van der Waals surface area (Å²) in [5.74, 6) is -0.774. The monoisotopic (exact) mass is 485 g/mol. The van der Waals surface area contributed by atoms with E-state index in [0.717, 1.165) is 36.8 Å². The average Bonchev–Trinajstić information content (AvgIpc) is 3.68. The van der Waals surface area contributed by atoms with Gasteiger partial charge in [-0.05, 0) is 78.3 Å². The van der Waals surface area contributed by atoms with Crippen LogP contribution in [0.3, 0.4) is 0 Å². The molecule has 2 aromatic carbocycles. The van der Waals surface area contributed by atoms with Gasteiger partial charge in [0.1, 0.15) is 22.0 Å². The maximum atomic E-state index is 14.6. The van der Waals surface area contributed by atoms with Gasteiger partial charge in [-0.3, -0.25) is 4.79 Å². The minimum atomic E-state index is -4.29. The van der Waals surface area contributed by atoms with Gasteiger partial charge in [0.15, 0.2) is 5.76 Å². The van der Waals surface area contributed by atoms with Crippen LogP contribution in [0.2, 0.25) is 0 Å². The fourth-order valence-electron chi connectivity index (χ4n) is 3.90. The van der Waals surface area contributed by atoms with E-state index in [0.29, 0.717) is 18.4 Å². The lowest BCUT2D eigenvalue weighted by Crippen LogP contribution is -2.31. The van der Waals surface area contributed by atoms with E-state index >= 15 is 0 Å². The Balaban J connectivity index is 1.45. The number of fused-ring (bicyclic) bond motifs is 1. The lowest BCUT2D eigenvalue weighted by atomic mass is 9.87. The van der Waals surface area contributed by atoms with Crippen molar-refractivity contribution in [3.05, 3.63) is 59.1 Å². The number of hydrogen-bond acceptors (Lipinski definition) is 5. The molecule has 1 aromatic heterocycles. The standard InChI is InChI=1S/C26H28FNO5S/c1-26(2,3)18-8-9-21(32-14-15-4-5-15)24(12-18)34(30,31)28-25(29)23-13-19-20(27)10-17(16-6-7-16)11-22(19)33-23/h8-13,15-16H,4-7,14H2,1-3H3,(H,28,29). The van der Waals surface area contributed by atoms with Crippen LogP contribution in [-0.2, 0) is 15.4 Å². The number of amides is 1. The molecule has 1 N–H and O–H groups in total. The van der Waals surface area contributed by atoms with E-state index < -0.39 is 21.7 Å². The van der Waals surface area contributed by atoms with Crippen LogP contribution in [0.5, 0.6) is 5.75 Å². The van der Waals surface area contributed by atoms with Crippen LogP contribution in [0.4, 0.5) is 4.39 Å². The van der Waals surface area contributed by atoms with Gasteiger partial charge in [-0.25, -0.2) is 17.5 Å². The van der Waals surface area contributed by atoms with Gasteiger partial charge < -0.3 is 9.15 Å². The molecular weight excluding hydrogens is 457 g/mol. The zero-order valence-electron chi connectivity index (χ0n) is 19.5. The fraction of sp³-hybridized carbons (Fsp3) is 0.423. The van der Waals surface area contributed by atoms with E-state index in [9.17, 15) is 17.6 Å². The van der Waals surface area contributed by atoms with Gasteiger partial charge in [0.05, 0.1) is 12.0 Å². The van der Waals surface area contributed by atoms with Crippen LogP contribution in [0.15, 0.2) is 45.7 Å². The van der Waals surface area contributed by atoms with Crippen LogP contribution in [0.1, 0.15) is 74.1 Å². The van der Waals surface area contributed by atoms with Crippen LogP contribution < -0.4 is 9.46 Å². The number of carbonyl (C=O) groups excluding carboxylic acids is 1. The Bertz CT molecular complexity index is 1380. The van der Waals surface area contributed by atoms with Crippen LogP contribution in [0.25, 0.3) is 11.0 Å². The SMILES string of the molecule is CC(C)(C)c1ccc(OCC2CC2)c(S(=O)(=O)NC(=O)c2cc3c(F)cc(C4CC4)cc3o2)c1. The van der Waals surface area contributed by atoms with Gasteiger partial charge in [0.2, 0.25) is 0 Å². The molecule has 0 aliphatic heterocycles. The highest BCUT2D eigenvalue weighted by atomic mass is 32.2. The molecule has 2 aliphatic carbocycles. The highest BCUT2D eigenvalue weighted by Crippen LogP contribution is 2.42. The van der Waals surface area contributed by atoms with Gasteiger partial charge >= 0.3 is 5.91 Å². The molecule has 2 aliphatic rings. The first-order valence-electron chi connectivity index (χ1n) is 11.6. The molecule has 8 heteroatoms. The van der Waals surface area contributed by atoms with Crippen molar-refractivity contribution in [2.24, 2.45) is 5.92 Å². The van der Waals surface area contributed by atoms with Gasteiger partial charge in [-0.2, -0.15) is 0 Å². The number of ether oxygens (including phenoxy) is 1. The molecule has 0 spiro atoms. The lowest BCUT2D eigenvalue weighted by Gasteiger charge is -2.21. The summed E-state index contributed by atoms with van der Waals surface area (Å²) in [6, 6.07) is 9.42. The second kappa shape index (κ2) is 8.12. The number of halogens is 1. The Hall–Kier alpha value is -2.87. The molecule has 1 heterocycles. The van der Waals surface area contributed by atoms with Crippen LogP contribution >= 0.6 is 0 Å².